The Labute approximate surface area is 239 Å². The van der Waals surface area contributed by atoms with E-state index in [2.05, 4.69) is 10.5 Å². The van der Waals surface area contributed by atoms with E-state index in [-0.39, 0.29) is 17.1 Å². The minimum absolute atomic E-state index is 0.0592. The number of nitro groups is 1. The van der Waals surface area contributed by atoms with Crippen LogP contribution >= 0.6 is 0 Å². The number of rotatable bonds is 5. The summed E-state index contributed by atoms with van der Waals surface area (Å²) >= 11 is 0. The number of nitro benzene ring substituents is 1. The molecule has 1 aromatic heterocycles. The van der Waals surface area contributed by atoms with Gasteiger partial charge in [-0.1, -0.05) is 54.6 Å². The lowest BCUT2D eigenvalue weighted by Crippen LogP contribution is -2.54. The Morgan fingerprint density at radius 3 is 2.26 bits per heavy atom. The van der Waals surface area contributed by atoms with Crippen LogP contribution in [0.1, 0.15) is 50.1 Å². The first-order valence-corrected chi connectivity index (χ1v) is 13.5. The summed E-state index contributed by atoms with van der Waals surface area (Å²) in [7, 11) is 0. The molecule has 0 saturated carbocycles. The van der Waals surface area contributed by atoms with E-state index >= 15 is 0 Å². The van der Waals surface area contributed by atoms with E-state index in [0.717, 1.165) is 27.2 Å². The Hall–Kier alpha value is -5.38. The molecule has 1 saturated heterocycles. The fraction of sp³-hybridized carbons (Fsp3) is 0.188. The van der Waals surface area contributed by atoms with Gasteiger partial charge in [-0.15, -0.1) is 0 Å². The minimum atomic E-state index is -1.24. The number of nitrogens with zero attached hydrogens (tertiary/aromatic N) is 3. The Balaban J connectivity index is 1.42. The standard InChI is InChI=1S/C32H24N4O6/c1-17-11-13-23(24(15-17)36(40)41)35-30(38)27-26-19-7-3-5-9-21(19)32(28(27)31(35)39,22-10-6-4-8-20(22)26)16-33-34-29(37)25-14-12-18(2)42-25/h3-16,26-28H,1-2H3,(H,34,37)/b33-16-/t26?,27-,28+,32?/m0/s1. The molecule has 10 nitrogen and oxygen atoms in total. The van der Waals surface area contributed by atoms with Gasteiger partial charge in [-0.05, 0) is 59.9 Å². The molecule has 3 amide bonds. The van der Waals surface area contributed by atoms with Gasteiger partial charge in [-0.2, -0.15) is 5.10 Å². The Morgan fingerprint density at radius 1 is 0.976 bits per heavy atom. The number of carbonyl (C=O) groups excluding carboxylic acids is 3. The normalized spacial score (nSPS) is 23.6. The highest BCUT2D eigenvalue weighted by Crippen LogP contribution is 2.64. The molecule has 10 heteroatoms. The van der Waals surface area contributed by atoms with Gasteiger partial charge in [0.1, 0.15) is 11.4 Å². The molecule has 2 heterocycles. The fourth-order valence-electron chi connectivity index (χ4n) is 7.06. The third-order valence-electron chi connectivity index (χ3n) is 8.65. The lowest BCUT2D eigenvalue weighted by Gasteiger charge is -2.52. The van der Waals surface area contributed by atoms with Gasteiger partial charge in [0.05, 0.1) is 22.2 Å². The highest BCUT2D eigenvalue weighted by atomic mass is 16.6. The smallest absolute Gasteiger partial charge is 0.307 e. The molecule has 1 N–H and O–H groups in total. The van der Waals surface area contributed by atoms with Crippen LogP contribution in [0.2, 0.25) is 0 Å². The van der Waals surface area contributed by atoms with Crippen molar-refractivity contribution in [3.63, 3.8) is 0 Å². The summed E-state index contributed by atoms with van der Waals surface area (Å²) in [4.78, 5) is 54.0. The van der Waals surface area contributed by atoms with Gasteiger partial charge in [-0.25, -0.2) is 10.3 Å². The summed E-state index contributed by atoms with van der Waals surface area (Å²) in [6, 6.07) is 22.8. The summed E-state index contributed by atoms with van der Waals surface area (Å²) in [6.07, 6.45) is 1.53. The molecule has 1 fully saturated rings. The highest BCUT2D eigenvalue weighted by molar-refractivity contribution is 6.25. The predicted octanol–water partition coefficient (Wildman–Crippen LogP) is 4.77. The monoisotopic (exact) mass is 560 g/mol. The average Bonchev–Trinajstić information content (AvgIpc) is 3.54. The number of imide groups is 1. The quantitative estimate of drug-likeness (QED) is 0.162. The number of amides is 3. The van der Waals surface area contributed by atoms with Gasteiger partial charge >= 0.3 is 5.91 Å². The topological polar surface area (TPSA) is 135 Å². The largest absolute Gasteiger partial charge is 0.456 e. The third kappa shape index (κ3) is 3.38. The Kier molecular flexibility index (Phi) is 5.52. The van der Waals surface area contributed by atoms with Crippen LogP contribution in [-0.4, -0.2) is 28.9 Å². The molecule has 0 radical (unpaired) electrons. The maximum atomic E-state index is 14.5. The molecule has 208 valence electrons. The van der Waals surface area contributed by atoms with Gasteiger partial charge < -0.3 is 4.42 Å². The van der Waals surface area contributed by atoms with E-state index in [9.17, 15) is 24.5 Å². The molecule has 2 atom stereocenters. The summed E-state index contributed by atoms with van der Waals surface area (Å²) in [5, 5.41) is 16.4. The number of hydrogen-bond donors (Lipinski definition) is 1. The second kappa shape index (κ2) is 9.07. The zero-order chi connectivity index (χ0) is 29.3. The Morgan fingerprint density at radius 2 is 1.64 bits per heavy atom. The lowest BCUT2D eigenvalue weighted by molar-refractivity contribution is -0.384. The minimum Gasteiger partial charge on any atom is -0.456 e. The number of furan rings is 1. The molecular weight excluding hydrogens is 536 g/mol. The van der Waals surface area contributed by atoms with E-state index in [1.807, 2.05) is 48.5 Å². The van der Waals surface area contributed by atoms with Crippen LogP contribution in [0.4, 0.5) is 11.4 Å². The second-order valence-electron chi connectivity index (χ2n) is 10.9. The van der Waals surface area contributed by atoms with Crippen LogP contribution < -0.4 is 10.3 Å². The number of hydrogen-bond acceptors (Lipinski definition) is 7. The molecule has 2 bridgehead atoms. The van der Waals surface area contributed by atoms with Crippen molar-refractivity contribution in [1.82, 2.24) is 5.43 Å². The lowest BCUT2D eigenvalue weighted by atomic mass is 9.47. The van der Waals surface area contributed by atoms with Crippen LogP contribution in [0.15, 0.2) is 88.4 Å². The number of carbonyl (C=O) groups is 3. The molecule has 8 rings (SSSR count). The molecule has 3 aromatic carbocycles. The summed E-state index contributed by atoms with van der Waals surface area (Å²) in [6.45, 7) is 3.43. The maximum Gasteiger partial charge on any atom is 0.307 e. The Bertz CT molecular complexity index is 1830. The van der Waals surface area contributed by atoms with Crippen molar-refractivity contribution in [3.05, 3.63) is 128 Å². The molecule has 4 aromatic rings. The molecule has 4 aliphatic rings. The molecule has 0 spiro atoms. The van der Waals surface area contributed by atoms with Crippen LogP contribution in [0.5, 0.6) is 0 Å². The van der Waals surface area contributed by atoms with Gasteiger partial charge in [-0.3, -0.25) is 24.5 Å². The first-order valence-electron chi connectivity index (χ1n) is 13.5. The van der Waals surface area contributed by atoms with Crippen molar-refractivity contribution in [2.75, 3.05) is 4.90 Å². The van der Waals surface area contributed by atoms with E-state index < -0.39 is 45.8 Å². The number of anilines is 1. The zero-order valence-electron chi connectivity index (χ0n) is 22.6. The molecule has 1 aliphatic heterocycles. The first-order chi connectivity index (χ1) is 20.2. The van der Waals surface area contributed by atoms with Crippen molar-refractivity contribution >= 4 is 35.3 Å². The highest BCUT2D eigenvalue weighted by Gasteiger charge is 2.68. The van der Waals surface area contributed by atoms with Gasteiger partial charge in [0.15, 0.2) is 5.76 Å². The zero-order valence-corrected chi connectivity index (χ0v) is 22.6. The first kappa shape index (κ1) is 25.6. The van der Waals surface area contributed by atoms with E-state index in [1.54, 1.807) is 26.0 Å². The van der Waals surface area contributed by atoms with E-state index in [0.29, 0.717) is 11.3 Å². The van der Waals surface area contributed by atoms with Crippen molar-refractivity contribution < 1.29 is 23.7 Å². The van der Waals surface area contributed by atoms with E-state index in [1.165, 1.54) is 24.4 Å². The van der Waals surface area contributed by atoms with Gasteiger partial charge in [0, 0.05) is 18.2 Å². The third-order valence-corrected chi connectivity index (χ3v) is 8.65. The molecule has 3 aliphatic carbocycles. The van der Waals surface area contributed by atoms with Crippen LogP contribution in [0.25, 0.3) is 0 Å². The summed E-state index contributed by atoms with van der Waals surface area (Å²) < 4.78 is 5.42. The van der Waals surface area contributed by atoms with Gasteiger partial charge in [0.2, 0.25) is 11.8 Å². The second-order valence-corrected chi connectivity index (χ2v) is 10.9. The van der Waals surface area contributed by atoms with Crippen molar-refractivity contribution in [3.8, 4) is 0 Å². The number of aryl methyl sites for hydroxylation is 2. The van der Waals surface area contributed by atoms with Crippen LogP contribution in [0.3, 0.4) is 0 Å². The molecular formula is C32H24N4O6. The van der Waals surface area contributed by atoms with Crippen molar-refractivity contribution in [1.29, 1.82) is 0 Å². The SMILES string of the molecule is Cc1ccc(N2C(=O)[C@H]3C4c5ccccc5C(/C=N\NC(=O)c5ccc(C)o5)(c5ccccc54)[C@H]3C2=O)c([N+](=O)[O-])c1. The average molecular weight is 561 g/mol. The van der Waals surface area contributed by atoms with Gasteiger partial charge in [0.25, 0.3) is 5.69 Å². The molecule has 0 unspecified atom stereocenters. The van der Waals surface area contributed by atoms with Crippen LogP contribution in [0, 0.1) is 35.8 Å². The van der Waals surface area contributed by atoms with Crippen molar-refractivity contribution in [2.24, 2.45) is 16.9 Å². The number of nitrogens with one attached hydrogen (secondary N) is 1. The van der Waals surface area contributed by atoms with Crippen molar-refractivity contribution in [2.45, 2.75) is 25.2 Å². The number of hydrazone groups is 1. The fourth-order valence-corrected chi connectivity index (χ4v) is 7.06. The number of benzene rings is 3. The predicted molar refractivity (Wildman–Crippen MR) is 152 cm³/mol. The summed E-state index contributed by atoms with van der Waals surface area (Å²) in [5.41, 5.74) is 4.87. The molecule has 42 heavy (non-hydrogen) atoms. The maximum absolute atomic E-state index is 14.5. The van der Waals surface area contributed by atoms with Crippen LogP contribution in [-0.2, 0) is 15.0 Å². The van der Waals surface area contributed by atoms with E-state index in [4.69, 9.17) is 4.42 Å². The summed E-state index contributed by atoms with van der Waals surface area (Å²) in [5.74, 6) is -3.19.